The van der Waals surface area contributed by atoms with Gasteiger partial charge < -0.3 is 9.97 Å². The van der Waals surface area contributed by atoms with Crippen LogP contribution in [0.2, 0.25) is 0 Å². The van der Waals surface area contributed by atoms with Crippen molar-refractivity contribution in [1.29, 1.82) is 0 Å². The molecule has 0 spiro atoms. The van der Waals surface area contributed by atoms with Crippen molar-refractivity contribution in [2.75, 3.05) is 0 Å². The second-order valence-electron chi connectivity index (χ2n) is 6.71. The van der Waals surface area contributed by atoms with Gasteiger partial charge in [0.25, 0.3) is 0 Å². The van der Waals surface area contributed by atoms with Crippen LogP contribution in [-0.4, -0.2) is 19.9 Å². The highest BCUT2D eigenvalue weighted by Crippen LogP contribution is 2.15. The van der Waals surface area contributed by atoms with Crippen LogP contribution in [-0.2, 0) is 0 Å². The van der Waals surface area contributed by atoms with E-state index < -0.39 is 0 Å². The molecule has 0 aliphatic heterocycles. The molecule has 28 heavy (non-hydrogen) atoms. The summed E-state index contributed by atoms with van der Waals surface area (Å²) in [6.07, 6.45) is 4.45. The fourth-order valence-electron chi connectivity index (χ4n) is 2.53. The van der Waals surface area contributed by atoms with Gasteiger partial charge in [0.15, 0.2) is 0 Å². The number of rotatable bonds is 1. The average molecular weight is 381 g/mol. The summed E-state index contributed by atoms with van der Waals surface area (Å²) in [6.45, 7) is 16.5. The van der Waals surface area contributed by atoms with Crippen molar-refractivity contribution in [3.63, 3.8) is 0 Å². The van der Waals surface area contributed by atoms with Gasteiger partial charge in [-0.2, -0.15) is 0 Å². The van der Waals surface area contributed by atoms with Gasteiger partial charge in [0, 0.05) is 16.9 Å². The number of aromatic nitrogens is 4. The van der Waals surface area contributed by atoms with Crippen molar-refractivity contribution in [1.82, 2.24) is 19.9 Å². The van der Waals surface area contributed by atoms with Gasteiger partial charge in [-0.05, 0) is 57.3 Å². The normalized spacial score (nSPS) is 9.71. The first-order valence-corrected chi connectivity index (χ1v) is 10.3. The van der Waals surface area contributed by atoms with Crippen LogP contribution in [0.15, 0.2) is 36.5 Å². The number of fused-ring (bicyclic) bond motifs is 2. The summed E-state index contributed by atoms with van der Waals surface area (Å²) in [5.41, 5.74) is 6.78. The molecule has 0 saturated carbocycles. The van der Waals surface area contributed by atoms with Gasteiger partial charge in [-0.3, -0.25) is 4.98 Å². The summed E-state index contributed by atoms with van der Waals surface area (Å²) in [5.74, 6) is 0.937. The van der Waals surface area contributed by atoms with Gasteiger partial charge in [-0.25, -0.2) is 4.98 Å². The number of nitrogens with zero attached hydrogens (tertiary/aromatic N) is 2. The fraction of sp³-hybridized carbons (Fsp3) is 0.417. The zero-order valence-corrected chi connectivity index (χ0v) is 18.8. The van der Waals surface area contributed by atoms with Crippen LogP contribution < -0.4 is 0 Å². The maximum atomic E-state index is 4.28. The van der Waals surface area contributed by atoms with E-state index in [9.17, 15) is 0 Å². The van der Waals surface area contributed by atoms with Gasteiger partial charge in [0.1, 0.15) is 5.82 Å². The SMILES string of the molecule is CC.CCCC.Cc1cc2nc(C)[nH]c2cn1.Cc1ccc2[nH]c(C)cc2c1. The van der Waals surface area contributed by atoms with Gasteiger partial charge in [-0.1, -0.05) is 52.2 Å². The Morgan fingerprint density at radius 1 is 0.821 bits per heavy atom. The van der Waals surface area contributed by atoms with E-state index in [4.69, 9.17) is 0 Å². The number of benzene rings is 1. The molecule has 4 nitrogen and oxygen atoms in total. The predicted octanol–water partition coefficient (Wildman–Crippen LogP) is 7.19. The Hall–Kier alpha value is -2.62. The Balaban J connectivity index is 0.000000221. The lowest BCUT2D eigenvalue weighted by molar-refractivity contribution is 0.886. The molecule has 0 fully saturated rings. The summed E-state index contributed by atoms with van der Waals surface area (Å²) in [7, 11) is 0. The Morgan fingerprint density at radius 3 is 2.14 bits per heavy atom. The van der Waals surface area contributed by atoms with E-state index in [1.165, 1.54) is 35.0 Å². The minimum Gasteiger partial charge on any atom is -0.359 e. The second-order valence-corrected chi connectivity index (χ2v) is 6.71. The van der Waals surface area contributed by atoms with Crippen molar-refractivity contribution >= 4 is 21.9 Å². The number of unbranched alkanes of at least 4 members (excludes halogenated alkanes) is 1. The van der Waals surface area contributed by atoms with Crippen LogP contribution in [0.25, 0.3) is 21.9 Å². The molecule has 0 aliphatic carbocycles. The molecule has 4 aromatic rings. The van der Waals surface area contributed by atoms with Crippen LogP contribution in [0.3, 0.4) is 0 Å². The quantitative estimate of drug-likeness (QED) is 0.367. The summed E-state index contributed by atoms with van der Waals surface area (Å²) in [5, 5.41) is 1.31. The maximum Gasteiger partial charge on any atom is 0.104 e. The van der Waals surface area contributed by atoms with Crippen LogP contribution in [0.5, 0.6) is 0 Å². The predicted molar refractivity (Wildman–Crippen MR) is 123 cm³/mol. The Kier molecular flexibility index (Phi) is 10.0. The van der Waals surface area contributed by atoms with Gasteiger partial charge in [0.2, 0.25) is 0 Å². The number of hydrogen-bond donors (Lipinski definition) is 2. The Morgan fingerprint density at radius 2 is 1.50 bits per heavy atom. The van der Waals surface area contributed by atoms with Crippen molar-refractivity contribution in [2.24, 2.45) is 0 Å². The minimum atomic E-state index is 0.937. The van der Waals surface area contributed by atoms with E-state index in [0.29, 0.717) is 0 Å². The van der Waals surface area contributed by atoms with Gasteiger partial charge in [0.05, 0.1) is 17.2 Å². The third kappa shape index (κ3) is 7.18. The monoisotopic (exact) mass is 380 g/mol. The molecule has 4 heteroatoms. The lowest BCUT2D eigenvalue weighted by atomic mass is 10.2. The molecule has 0 unspecified atom stereocenters. The first-order chi connectivity index (χ1) is 13.4. The number of pyridine rings is 1. The van der Waals surface area contributed by atoms with E-state index in [-0.39, 0.29) is 0 Å². The molecular formula is C24H36N4. The third-order valence-electron chi connectivity index (χ3n) is 4.03. The number of aryl methyl sites for hydroxylation is 4. The topological polar surface area (TPSA) is 57.4 Å². The molecule has 0 aliphatic rings. The Bertz CT molecular complexity index is 883. The molecule has 0 atom stereocenters. The zero-order chi connectivity index (χ0) is 21.1. The van der Waals surface area contributed by atoms with Crippen molar-refractivity contribution in [3.8, 4) is 0 Å². The molecule has 4 rings (SSSR count). The smallest absolute Gasteiger partial charge is 0.104 e. The van der Waals surface area contributed by atoms with Gasteiger partial charge in [-0.15, -0.1) is 0 Å². The number of H-pyrrole nitrogens is 2. The number of aromatic amines is 2. The van der Waals surface area contributed by atoms with E-state index in [0.717, 1.165) is 22.6 Å². The highest BCUT2D eigenvalue weighted by Gasteiger charge is 1.98. The summed E-state index contributed by atoms with van der Waals surface area (Å²) in [4.78, 5) is 14.8. The minimum absolute atomic E-state index is 0.937. The van der Waals surface area contributed by atoms with Crippen LogP contribution in [0.4, 0.5) is 0 Å². The van der Waals surface area contributed by atoms with E-state index in [1.54, 1.807) is 0 Å². The molecule has 3 heterocycles. The van der Waals surface area contributed by atoms with Crippen molar-refractivity contribution in [3.05, 3.63) is 59.3 Å². The number of imidazole rings is 1. The molecule has 0 bridgehead atoms. The van der Waals surface area contributed by atoms with Crippen molar-refractivity contribution < 1.29 is 0 Å². The Labute approximate surface area is 169 Å². The molecule has 152 valence electrons. The zero-order valence-electron chi connectivity index (χ0n) is 18.8. The fourth-order valence-corrected chi connectivity index (χ4v) is 2.53. The van der Waals surface area contributed by atoms with E-state index in [1.807, 2.05) is 40.0 Å². The highest BCUT2D eigenvalue weighted by atomic mass is 14.9. The van der Waals surface area contributed by atoms with E-state index >= 15 is 0 Å². The molecular weight excluding hydrogens is 344 g/mol. The van der Waals surface area contributed by atoms with Crippen LogP contribution in [0, 0.1) is 27.7 Å². The molecule has 3 aromatic heterocycles. The summed E-state index contributed by atoms with van der Waals surface area (Å²) < 4.78 is 0. The van der Waals surface area contributed by atoms with E-state index in [2.05, 4.69) is 71.9 Å². The lowest BCUT2D eigenvalue weighted by Gasteiger charge is -1.90. The first kappa shape index (κ1) is 23.4. The summed E-state index contributed by atoms with van der Waals surface area (Å²) >= 11 is 0. The second kappa shape index (κ2) is 12.0. The molecule has 2 N–H and O–H groups in total. The average Bonchev–Trinajstić information content (AvgIpc) is 3.23. The highest BCUT2D eigenvalue weighted by molar-refractivity contribution is 5.80. The standard InChI is InChI=1S/C10H11N.C8H9N3.C4H10.C2H6/c1-7-3-4-10-9(5-7)6-8(2)11-10;1-5-3-7-8(4-9-5)11-6(2)10-7;1-3-4-2;1-2/h3-6,11H,1-2H3;3-4H,1-2H3,(H,10,11);3-4H2,1-2H3;1-2H3. The molecule has 0 radical (unpaired) electrons. The molecule has 0 saturated heterocycles. The van der Waals surface area contributed by atoms with Crippen LogP contribution >= 0.6 is 0 Å². The number of nitrogens with one attached hydrogen (secondary N) is 2. The summed E-state index contributed by atoms with van der Waals surface area (Å²) in [6, 6.07) is 10.6. The molecule has 0 amide bonds. The lowest BCUT2D eigenvalue weighted by Crippen LogP contribution is -1.78. The van der Waals surface area contributed by atoms with Crippen LogP contribution in [0.1, 0.15) is 63.3 Å². The van der Waals surface area contributed by atoms with Crippen molar-refractivity contribution in [2.45, 2.75) is 68.2 Å². The largest absolute Gasteiger partial charge is 0.359 e. The molecule has 1 aromatic carbocycles. The first-order valence-electron chi connectivity index (χ1n) is 10.3. The van der Waals surface area contributed by atoms with Gasteiger partial charge >= 0.3 is 0 Å². The maximum absolute atomic E-state index is 4.28. The number of hydrogen-bond acceptors (Lipinski definition) is 2. The third-order valence-corrected chi connectivity index (χ3v) is 4.03.